The highest BCUT2D eigenvalue weighted by Crippen LogP contribution is 2.37. The molecule has 3 heteroatoms. The Labute approximate surface area is 101 Å². The third-order valence-corrected chi connectivity index (χ3v) is 3.66. The first-order valence-corrected chi connectivity index (χ1v) is 6.11. The maximum absolute atomic E-state index is 10.2. The van der Waals surface area contributed by atoms with E-state index in [4.69, 9.17) is 16.3 Å². The molecule has 1 aliphatic rings. The van der Waals surface area contributed by atoms with Crippen molar-refractivity contribution in [3.63, 3.8) is 0 Å². The van der Waals surface area contributed by atoms with Gasteiger partial charge in [-0.2, -0.15) is 0 Å². The topological polar surface area (TPSA) is 29.5 Å². The number of rotatable bonds is 3. The van der Waals surface area contributed by atoms with Crippen LogP contribution >= 0.6 is 11.6 Å². The van der Waals surface area contributed by atoms with Gasteiger partial charge in [0.2, 0.25) is 0 Å². The Hall–Kier alpha value is -0.730. The average Bonchev–Trinajstić information content (AvgIpc) is 2.81. The lowest BCUT2D eigenvalue weighted by atomic mass is 9.94. The van der Waals surface area contributed by atoms with E-state index in [1.54, 1.807) is 7.11 Å². The third kappa shape index (κ3) is 2.33. The minimum absolute atomic E-state index is 0.383. The van der Waals surface area contributed by atoms with Gasteiger partial charge in [0.25, 0.3) is 0 Å². The van der Waals surface area contributed by atoms with Gasteiger partial charge >= 0.3 is 0 Å². The van der Waals surface area contributed by atoms with E-state index in [1.165, 1.54) is 12.8 Å². The summed E-state index contributed by atoms with van der Waals surface area (Å²) in [7, 11) is 1.59. The zero-order valence-corrected chi connectivity index (χ0v) is 10.2. The fourth-order valence-electron chi connectivity index (χ4n) is 2.41. The van der Waals surface area contributed by atoms with E-state index in [-0.39, 0.29) is 6.10 Å². The molecule has 1 aromatic carbocycles. The molecular formula is C13H17ClO2. The zero-order valence-electron chi connectivity index (χ0n) is 9.45. The van der Waals surface area contributed by atoms with Crippen molar-refractivity contribution in [1.82, 2.24) is 0 Å². The van der Waals surface area contributed by atoms with E-state index in [9.17, 15) is 5.11 Å². The largest absolute Gasteiger partial charge is 0.495 e. The molecule has 1 fully saturated rings. The number of aliphatic hydroxyl groups excluding tert-OH is 1. The predicted molar refractivity (Wildman–Crippen MR) is 64.9 cm³/mol. The SMILES string of the molecule is COc1ccc(C(O)C2CCCC2)cc1Cl. The lowest BCUT2D eigenvalue weighted by molar-refractivity contribution is 0.111. The van der Waals surface area contributed by atoms with Crippen LogP contribution in [0.15, 0.2) is 18.2 Å². The highest BCUT2D eigenvalue weighted by Gasteiger charge is 2.24. The molecule has 1 atom stereocenters. The molecule has 1 aromatic rings. The van der Waals surface area contributed by atoms with Crippen LogP contribution in [0.5, 0.6) is 5.75 Å². The molecule has 0 heterocycles. The number of hydrogen-bond donors (Lipinski definition) is 1. The smallest absolute Gasteiger partial charge is 0.137 e. The van der Waals surface area contributed by atoms with Crippen LogP contribution in [0.1, 0.15) is 37.4 Å². The van der Waals surface area contributed by atoms with E-state index < -0.39 is 0 Å². The Bertz CT molecular complexity index is 359. The Morgan fingerprint density at radius 3 is 2.62 bits per heavy atom. The molecular weight excluding hydrogens is 224 g/mol. The normalized spacial score (nSPS) is 18.7. The van der Waals surface area contributed by atoms with Crippen molar-refractivity contribution in [2.24, 2.45) is 5.92 Å². The molecule has 0 amide bonds. The first-order chi connectivity index (χ1) is 7.72. The molecule has 0 bridgehead atoms. The van der Waals surface area contributed by atoms with Gasteiger partial charge in [-0.3, -0.25) is 0 Å². The first kappa shape index (κ1) is 11.7. The van der Waals surface area contributed by atoms with Crippen molar-refractivity contribution >= 4 is 11.6 Å². The maximum atomic E-state index is 10.2. The van der Waals surface area contributed by atoms with Crippen molar-refractivity contribution in [2.45, 2.75) is 31.8 Å². The Morgan fingerprint density at radius 1 is 1.38 bits per heavy atom. The van der Waals surface area contributed by atoms with Gasteiger partial charge in [-0.25, -0.2) is 0 Å². The van der Waals surface area contributed by atoms with Crippen molar-refractivity contribution in [1.29, 1.82) is 0 Å². The Balaban J connectivity index is 2.16. The molecule has 1 unspecified atom stereocenters. The van der Waals surface area contributed by atoms with Gasteiger partial charge in [0, 0.05) is 0 Å². The van der Waals surface area contributed by atoms with Crippen molar-refractivity contribution in [2.75, 3.05) is 7.11 Å². The summed E-state index contributed by atoms with van der Waals surface area (Å²) >= 11 is 6.04. The second-order valence-electron chi connectivity index (χ2n) is 4.38. The fraction of sp³-hybridized carbons (Fsp3) is 0.538. The number of ether oxygens (including phenoxy) is 1. The lowest BCUT2D eigenvalue weighted by Gasteiger charge is -2.18. The minimum atomic E-state index is -0.383. The fourth-order valence-corrected chi connectivity index (χ4v) is 2.68. The van der Waals surface area contributed by atoms with Crippen molar-refractivity contribution in [3.05, 3.63) is 28.8 Å². The van der Waals surface area contributed by atoms with Crippen LogP contribution in [0.2, 0.25) is 5.02 Å². The quantitative estimate of drug-likeness (QED) is 0.875. The van der Waals surface area contributed by atoms with E-state index >= 15 is 0 Å². The van der Waals surface area contributed by atoms with Gasteiger partial charge in [-0.05, 0) is 36.5 Å². The van der Waals surface area contributed by atoms with Gasteiger partial charge in [0.1, 0.15) is 5.75 Å². The van der Waals surface area contributed by atoms with Crippen LogP contribution in [0.3, 0.4) is 0 Å². The number of methoxy groups -OCH3 is 1. The second-order valence-corrected chi connectivity index (χ2v) is 4.79. The average molecular weight is 241 g/mol. The van der Waals surface area contributed by atoms with Gasteiger partial charge < -0.3 is 9.84 Å². The summed E-state index contributed by atoms with van der Waals surface area (Å²) in [4.78, 5) is 0. The number of benzene rings is 1. The zero-order chi connectivity index (χ0) is 11.5. The lowest BCUT2D eigenvalue weighted by Crippen LogP contribution is -2.08. The summed E-state index contributed by atoms with van der Waals surface area (Å²) in [5.74, 6) is 1.05. The van der Waals surface area contributed by atoms with Crippen LogP contribution in [-0.2, 0) is 0 Å². The molecule has 0 radical (unpaired) electrons. The van der Waals surface area contributed by atoms with Gasteiger partial charge in [-0.1, -0.05) is 30.5 Å². The summed E-state index contributed by atoms with van der Waals surface area (Å²) in [6.07, 6.45) is 4.30. The number of halogens is 1. The molecule has 1 N–H and O–H groups in total. The van der Waals surface area contributed by atoms with Crippen LogP contribution in [0.4, 0.5) is 0 Å². The molecule has 0 saturated heterocycles. The minimum Gasteiger partial charge on any atom is -0.495 e. The molecule has 0 spiro atoms. The summed E-state index contributed by atoms with van der Waals surface area (Å²) < 4.78 is 5.09. The summed E-state index contributed by atoms with van der Waals surface area (Å²) in [5.41, 5.74) is 0.901. The van der Waals surface area contributed by atoms with E-state index in [0.29, 0.717) is 16.7 Å². The summed E-state index contributed by atoms with van der Waals surface area (Å²) in [5, 5.41) is 10.8. The first-order valence-electron chi connectivity index (χ1n) is 5.74. The van der Waals surface area contributed by atoms with Crippen molar-refractivity contribution in [3.8, 4) is 5.75 Å². The van der Waals surface area contributed by atoms with Gasteiger partial charge in [0.05, 0.1) is 18.2 Å². The standard InChI is InChI=1S/C13H17ClO2/c1-16-12-7-6-10(8-11(12)14)13(15)9-4-2-3-5-9/h6-9,13,15H,2-5H2,1H3. The summed E-state index contributed by atoms with van der Waals surface area (Å²) in [6, 6.07) is 5.52. The van der Waals surface area contributed by atoms with Crippen LogP contribution < -0.4 is 4.74 Å². The molecule has 88 valence electrons. The van der Waals surface area contributed by atoms with Crippen LogP contribution in [0.25, 0.3) is 0 Å². The Morgan fingerprint density at radius 2 is 2.06 bits per heavy atom. The van der Waals surface area contributed by atoms with Crippen LogP contribution in [0, 0.1) is 5.92 Å². The van der Waals surface area contributed by atoms with Crippen LogP contribution in [-0.4, -0.2) is 12.2 Å². The van der Waals surface area contributed by atoms with E-state index in [2.05, 4.69) is 0 Å². The predicted octanol–water partition coefficient (Wildman–Crippen LogP) is 3.57. The molecule has 2 nitrogen and oxygen atoms in total. The van der Waals surface area contributed by atoms with E-state index in [1.807, 2.05) is 18.2 Å². The number of aliphatic hydroxyl groups is 1. The molecule has 0 aliphatic heterocycles. The van der Waals surface area contributed by atoms with Crippen molar-refractivity contribution < 1.29 is 9.84 Å². The molecule has 1 aliphatic carbocycles. The van der Waals surface area contributed by atoms with Gasteiger partial charge in [-0.15, -0.1) is 0 Å². The molecule has 16 heavy (non-hydrogen) atoms. The number of hydrogen-bond acceptors (Lipinski definition) is 2. The molecule has 1 saturated carbocycles. The van der Waals surface area contributed by atoms with E-state index in [0.717, 1.165) is 18.4 Å². The van der Waals surface area contributed by atoms with Gasteiger partial charge in [0.15, 0.2) is 0 Å². The third-order valence-electron chi connectivity index (χ3n) is 3.36. The Kier molecular flexibility index (Phi) is 3.72. The molecule has 2 rings (SSSR count). The maximum Gasteiger partial charge on any atom is 0.137 e. The summed E-state index contributed by atoms with van der Waals surface area (Å²) in [6.45, 7) is 0. The highest BCUT2D eigenvalue weighted by molar-refractivity contribution is 6.32. The molecule has 0 aromatic heterocycles. The monoisotopic (exact) mass is 240 g/mol. The highest BCUT2D eigenvalue weighted by atomic mass is 35.5. The second kappa shape index (κ2) is 5.07.